The van der Waals surface area contributed by atoms with Gasteiger partial charge in [0.15, 0.2) is 5.60 Å². The molecule has 3 aromatic carbocycles. The van der Waals surface area contributed by atoms with Crippen LogP contribution < -0.4 is 18.7 Å². The number of anilines is 2. The van der Waals surface area contributed by atoms with Crippen LogP contribution in [0, 0.1) is 0 Å². The summed E-state index contributed by atoms with van der Waals surface area (Å²) in [5.74, 6) is -0.229. The van der Waals surface area contributed by atoms with E-state index in [1.165, 1.54) is 23.5 Å². The standard InChI is InChI=1S/C32H37ClN3O9PS/c1-22(37)44-31-30(38)32(45-46(39,40)41,15-6-16-34-17-19-35(20-18-34)27-7-4-5-8-28(27)43-3)26-14-9-23(33)21-29(26)47-36(31)24-10-12-25(42-2)13-11-24/h4-5,7-14,21,31H,6,15-20H2,1-3H3,(H2,39,40,41)/t31-,32-/m1/s1. The fraction of sp³-hybridized carbons (Fsp3) is 0.375. The number of benzene rings is 3. The first kappa shape index (κ1) is 35.0. The predicted octanol–water partition coefficient (Wildman–Crippen LogP) is 5.25. The molecule has 0 aliphatic carbocycles. The van der Waals surface area contributed by atoms with Gasteiger partial charge in [0.2, 0.25) is 12.0 Å². The summed E-state index contributed by atoms with van der Waals surface area (Å²) in [5, 5.41) is 0.335. The Hall–Kier alpha value is -3.29. The number of Topliss-reactive ketones (excluding diaryl/α,β-unsaturated/α-hetero) is 1. The van der Waals surface area contributed by atoms with Crippen LogP contribution in [0.2, 0.25) is 5.02 Å². The van der Waals surface area contributed by atoms with Gasteiger partial charge in [-0.15, -0.1) is 0 Å². The predicted molar refractivity (Wildman–Crippen MR) is 179 cm³/mol. The molecule has 1 saturated heterocycles. The molecule has 0 spiro atoms. The van der Waals surface area contributed by atoms with Gasteiger partial charge in [-0.2, -0.15) is 0 Å². The smallest absolute Gasteiger partial charge is 0.470 e. The molecule has 0 unspecified atom stereocenters. The number of hydrogen-bond donors (Lipinski definition) is 2. The van der Waals surface area contributed by atoms with E-state index in [9.17, 15) is 23.9 Å². The van der Waals surface area contributed by atoms with Crippen LogP contribution in [0.15, 0.2) is 71.6 Å². The van der Waals surface area contributed by atoms with Crippen molar-refractivity contribution in [3.63, 3.8) is 0 Å². The third kappa shape index (κ3) is 8.06. The van der Waals surface area contributed by atoms with E-state index < -0.39 is 31.4 Å². The molecule has 3 aromatic rings. The number of ketones is 1. The summed E-state index contributed by atoms with van der Waals surface area (Å²) in [5.41, 5.74) is -0.471. The van der Waals surface area contributed by atoms with Gasteiger partial charge < -0.3 is 28.9 Å². The average molecular weight is 706 g/mol. The third-order valence-corrected chi connectivity index (χ3v) is 10.0. The van der Waals surface area contributed by atoms with Gasteiger partial charge >= 0.3 is 13.8 Å². The normalized spacial score (nSPS) is 20.4. The van der Waals surface area contributed by atoms with Crippen molar-refractivity contribution < 1.29 is 42.7 Å². The van der Waals surface area contributed by atoms with Crippen LogP contribution in [0.4, 0.5) is 11.4 Å². The van der Waals surface area contributed by atoms with Crippen LogP contribution in [0.3, 0.4) is 0 Å². The number of piperazine rings is 1. The number of phosphoric acid groups is 1. The molecule has 1 fully saturated rings. The third-order valence-electron chi connectivity index (χ3n) is 8.09. The molecule has 2 heterocycles. The number of rotatable bonds is 11. The first-order valence-electron chi connectivity index (χ1n) is 14.9. The van der Waals surface area contributed by atoms with E-state index in [1.54, 1.807) is 37.4 Å². The fourth-order valence-corrected chi connectivity index (χ4v) is 8.04. The van der Waals surface area contributed by atoms with Crippen LogP contribution in [0.1, 0.15) is 25.3 Å². The van der Waals surface area contributed by atoms with Crippen molar-refractivity contribution in [2.45, 2.75) is 36.5 Å². The molecule has 2 aliphatic heterocycles. The van der Waals surface area contributed by atoms with E-state index in [0.717, 1.165) is 56.5 Å². The molecule has 0 radical (unpaired) electrons. The second kappa shape index (κ2) is 14.9. The van der Waals surface area contributed by atoms with Crippen molar-refractivity contribution in [3.05, 3.63) is 77.3 Å². The fourth-order valence-electron chi connectivity index (χ4n) is 5.93. The number of ether oxygens (including phenoxy) is 3. The maximum Gasteiger partial charge on any atom is 0.470 e. The van der Waals surface area contributed by atoms with Crippen LogP contribution in [-0.2, 0) is 29.0 Å². The second-order valence-corrected chi connectivity index (χ2v) is 13.7. The lowest BCUT2D eigenvalue weighted by Crippen LogP contribution is -2.51. The van der Waals surface area contributed by atoms with Gasteiger partial charge in [-0.3, -0.25) is 23.3 Å². The molecular formula is C32H37ClN3O9PS. The number of phosphoric ester groups is 1. The first-order valence-corrected chi connectivity index (χ1v) is 17.6. The van der Waals surface area contributed by atoms with Crippen LogP contribution >= 0.6 is 31.4 Å². The van der Waals surface area contributed by atoms with Gasteiger partial charge in [-0.1, -0.05) is 29.8 Å². The van der Waals surface area contributed by atoms with E-state index in [4.69, 9.17) is 30.3 Å². The van der Waals surface area contributed by atoms with E-state index in [1.807, 2.05) is 24.3 Å². The van der Waals surface area contributed by atoms with E-state index >= 15 is 0 Å². The van der Waals surface area contributed by atoms with Gasteiger partial charge in [0.05, 0.1) is 25.6 Å². The number of nitrogens with zero attached hydrogens (tertiary/aromatic N) is 3. The Balaban J connectivity index is 1.46. The SMILES string of the molecule is COc1ccc(N2Sc3cc(Cl)ccc3[C@@](CCCN3CCN(c4ccccc4OC)CC3)(OP(=O)(O)O)C(=O)[C@H]2OC(C)=O)cc1. The summed E-state index contributed by atoms with van der Waals surface area (Å²) in [7, 11) is -2.11. The van der Waals surface area contributed by atoms with E-state index in [0.29, 0.717) is 34.3 Å². The average Bonchev–Trinajstić information content (AvgIpc) is 3.13. The molecule has 2 aliphatic rings. The lowest BCUT2D eigenvalue weighted by Gasteiger charge is -2.38. The van der Waals surface area contributed by atoms with Crippen molar-refractivity contribution >= 4 is 54.5 Å². The summed E-state index contributed by atoms with van der Waals surface area (Å²) in [6.45, 7) is 4.62. The van der Waals surface area contributed by atoms with Crippen molar-refractivity contribution in [1.29, 1.82) is 0 Å². The van der Waals surface area contributed by atoms with Gasteiger partial charge in [-0.05, 0) is 79.9 Å². The number of fused-ring (bicyclic) bond motifs is 1. The highest BCUT2D eigenvalue weighted by atomic mass is 35.5. The molecule has 0 bridgehead atoms. The highest BCUT2D eigenvalue weighted by molar-refractivity contribution is 8.00. The van der Waals surface area contributed by atoms with E-state index in [-0.39, 0.29) is 12.0 Å². The van der Waals surface area contributed by atoms with Crippen LogP contribution in [-0.4, -0.2) is 79.6 Å². The minimum atomic E-state index is -5.28. The maximum absolute atomic E-state index is 14.7. The van der Waals surface area contributed by atoms with Gasteiger partial charge in [0.1, 0.15) is 11.5 Å². The maximum atomic E-state index is 14.7. The minimum Gasteiger partial charge on any atom is -0.497 e. The number of esters is 1. The van der Waals surface area contributed by atoms with Gasteiger partial charge in [-0.25, -0.2) is 4.57 Å². The summed E-state index contributed by atoms with van der Waals surface area (Å²) < 4.78 is 36.0. The largest absolute Gasteiger partial charge is 0.497 e. The van der Waals surface area contributed by atoms with Gasteiger partial charge in [0, 0.05) is 48.6 Å². The quantitative estimate of drug-likeness (QED) is 0.153. The molecule has 2 N–H and O–H groups in total. The summed E-state index contributed by atoms with van der Waals surface area (Å²) in [6, 6.07) is 19.2. The molecule has 47 heavy (non-hydrogen) atoms. The zero-order valence-electron chi connectivity index (χ0n) is 26.2. The Morgan fingerprint density at radius 2 is 1.72 bits per heavy atom. The molecule has 2 atom stereocenters. The second-order valence-electron chi connectivity index (χ2n) is 11.1. The number of halogens is 1. The van der Waals surface area contributed by atoms with Crippen LogP contribution in [0.25, 0.3) is 0 Å². The highest BCUT2D eigenvalue weighted by Gasteiger charge is 2.55. The Morgan fingerprint density at radius 3 is 2.36 bits per heavy atom. The summed E-state index contributed by atoms with van der Waals surface area (Å²) in [4.78, 5) is 52.4. The summed E-state index contributed by atoms with van der Waals surface area (Å²) in [6.07, 6.45) is -1.37. The number of carbonyl (C=O) groups is 2. The van der Waals surface area contributed by atoms with Crippen molar-refractivity contribution in [3.8, 4) is 11.5 Å². The molecule has 0 amide bonds. The number of carbonyl (C=O) groups excluding carboxylic acids is 2. The zero-order chi connectivity index (χ0) is 33.8. The van der Waals surface area contributed by atoms with Crippen LogP contribution in [0.5, 0.6) is 11.5 Å². The molecular weight excluding hydrogens is 669 g/mol. The van der Waals surface area contributed by atoms with Crippen molar-refractivity contribution in [1.82, 2.24) is 4.90 Å². The Kier molecular flexibility index (Phi) is 11.1. The Morgan fingerprint density at radius 1 is 1.02 bits per heavy atom. The molecule has 15 heteroatoms. The van der Waals surface area contributed by atoms with Gasteiger partial charge in [0.25, 0.3) is 0 Å². The molecule has 12 nitrogen and oxygen atoms in total. The monoisotopic (exact) mass is 705 g/mol. The van der Waals surface area contributed by atoms with Crippen molar-refractivity contribution in [2.75, 3.05) is 56.1 Å². The first-order chi connectivity index (χ1) is 22.4. The lowest BCUT2D eigenvalue weighted by molar-refractivity contribution is -0.160. The number of para-hydroxylation sites is 2. The van der Waals surface area contributed by atoms with Crippen molar-refractivity contribution in [2.24, 2.45) is 0 Å². The molecule has 5 rings (SSSR count). The Labute approximate surface area is 282 Å². The molecule has 252 valence electrons. The number of hydrogen-bond acceptors (Lipinski definition) is 11. The zero-order valence-corrected chi connectivity index (χ0v) is 28.7. The molecule has 0 aromatic heterocycles. The topological polar surface area (TPSA) is 138 Å². The number of methoxy groups -OCH3 is 2. The molecule has 0 saturated carbocycles. The Bertz CT molecular complexity index is 1630. The van der Waals surface area contributed by atoms with E-state index in [2.05, 4.69) is 9.80 Å². The minimum absolute atomic E-state index is 0.104. The summed E-state index contributed by atoms with van der Waals surface area (Å²) >= 11 is 7.45. The highest BCUT2D eigenvalue weighted by Crippen LogP contribution is 2.54. The lowest BCUT2D eigenvalue weighted by atomic mass is 9.84.